The van der Waals surface area contributed by atoms with Crippen molar-refractivity contribution in [1.29, 1.82) is 0 Å². The lowest BCUT2D eigenvalue weighted by molar-refractivity contribution is 0.391. The van der Waals surface area contributed by atoms with Crippen molar-refractivity contribution in [3.63, 3.8) is 0 Å². The number of aromatic nitrogens is 4. The highest BCUT2D eigenvalue weighted by atomic mass is 19.1. The third kappa shape index (κ3) is 3.18. The van der Waals surface area contributed by atoms with E-state index in [0.717, 1.165) is 38.4 Å². The fraction of sp³-hybridized carbons (Fsp3) is 0.500. The molecule has 2 aromatic heterocycles. The first-order valence-electron chi connectivity index (χ1n) is 7.20. The van der Waals surface area contributed by atoms with E-state index in [4.69, 9.17) is 0 Å². The van der Waals surface area contributed by atoms with Gasteiger partial charge in [-0.15, -0.1) is 5.10 Å². The molecule has 0 aliphatic carbocycles. The molecule has 0 spiro atoms. The van der Waals surface area contributed by atoms with Crippen LogP contribution in [-0.2, 0) is 0 Å². The van der Waals surface area contributed by atoms with Crippen molar-refractivity contribution >= 4 is 5.95 Å². The Kier molecular flexibility index (Phi) is 4.10. The SMILES string of the molecule is CNCC1CCN(c2n[nH]c(-c3ccc(F)cn3)n2)CC1. The van der Waals surface area contributed by atoms with Crippen LogP contribution in [0.15, 0.2) is 18.3 Å². The summed E-state index contributed by atoms with van der Waals surface area (Å²) in [6.45, 7) is 2.98. The van der Waals surface area contributed by atoms with Crippen LogP contribution in [0.1, 0.15) is 12.8 Å². The molecule has 0 radical (unpaired) electrons. The Morgan fingerprint density at radius 1 is 1.38 bits per heavy atom. The number of H-pyrrole nitrogens is 1. The van der Waals surface area contributed by atoms with E-state index in [1.807, 2.05) is 7.05 Å². The van der Waals surface area contributed by atoms with Crippen molar-refractivity contribution in [1.82, 2.24) is 25.5 Å². The normalized spacial score (nSPS) is 16.4. The van der Waals surface area contributed by atoms with Crippen LogP contribution in [0.2, 0.25) is 0 Å². The van der Waals surface area contributed by atoms with Crippen LogP contribution in [0.25, 0.3) is 11.5 Å². The van der Waals surface area contributed by atoms with Gasteiger partial charge < -0.3 is 10.2 Å². The van der Waals surface area contributed by atoms with E-state index >= 15 is 0 Å². The summed E-state index contributed by atoms with van der Waals surface area (Å²) in [4.78, 5) is 10.6. The molecule has 7 heteroatoms. The number of piperidine rings is 1. The lowest BCUT2D eigenvalue weighted by Crippen LogP contribution is -2.37. The molecule has 1 aliphatic heterocycles. The molecule has 2 N–H and O–H groups in total. The summed E-state index contributed by atoms with van der Waals surface area (Å²) >= 11 is 0. The standard InChI is InChI=1S/C14H19FN6/c1-16-8-10-4-6-21(7-5-10)14-18-13(19-20-14)12-3-2-11(15)9-17-12/h2-3,9-10,16H,4-8H2,1H3,(H,18,19,20). The molecular formula is C14H19FN6. The monoisotopic (exact) mass is 290 g/mol. The Labute approximate surface area is 122 Å². The third-order valence-electron chi connectivity index (χ3n) is 3.83. The maximum absolute atomic E-state index is 12.9. The highest BCUT2D eigenvalue weighted by molar-refractivity contribution is 5.50. The molecule has 3 heterocycles. The Bertz CT molecular complexity index is 573. The summed E-state index contributed by atoms with van der Waals surface area (Å²) in [7, 11) is 1.99. The minimum atomic E-state index is -0.356. The third-order valence-corrected chi connectivity index (χ3v) is 3.83. The lowest BCUT2D eigenvalue weighted by atomic mass is 9.97. The number of nitrogens with one attached hydrogen (secondary N) is 2. The maximum atomic E-state index is 12.9. The van der Waals surface area contributed by atoms with Crippen molar-refractivity contribution < 1.29 is 4.39 Å². The molecule has 0 bridgehead atoms. The largest absolute Gasteiger partial charge is 0.340 e. The summed E-state index contributed by atoms with van der Waals surface area (Å²) in [6.07, 6.45) is 3.46. The molecule has 2 aromatic rings. The minimum absolute atomic E-state index is 0.356. The van der Waals surface area contributed by atoms with Crippen LogP contribution in [0.4, 0.5) is 10.3 Å². The number of hydrogen-bond acceptors (Lipinski definition) is 5. The van der Waals surface area contributed by atoms with Gasteiger partial charge in [-0.25, -0.2) is 9.37 Å². The number of hydrogen-bond donors (Lipinski definition) is 2. The fourth-order valence-corrected chi connectivity index (χ4v) is 2.65. The summed E-state index contributed by atoms with van der Waals surface area (Å²) in [5.74, 6) is 1.63. The summed E-state index contributed by atoms with van der Waals surface area (Å²) in [5, 5.41) is 10.4. The first-order valence-corrected chi connectivity index (χ1v) is 7.20. The van der Waals surface area contributed by atoms with E-state index < -0.39 is 0 Å². The smallest absolute Gasteiger partial charge is 0.245 e. The number of aromatic amines is 1. The first kappa shape index (κ1) is 13.9. The molecule has 112 valence electrons. The second kappa shape index (κ2) is 6.17. The van der Waals surface area contributed by atoms with Crippen molar-refractivity contribution in [3.05, 3.63) is 24.1 Å². The second-order valence-corrected chi connectivity index (χ2v) is 5.33. The first-order chi connectivity index (χ1) is 10.3. The molecule has 1 saturated heterocycles. The maximum Gasteiger partial charge on any atom is 0.245 e. The van der Waals surface area contributed by atoms with Gasteiger partial charge in [0.1, 0.15) is 11.5 Å². The highest BCUT2D eigenvalue weighted by Gasteiger charge is 2.21. The van der Waals surface area contributed by atoms with Gasteiger partial charge in [-0.1, -0.05) is 0 Å². The van der Waals surface area contributed by atoms with Crippen LogP contribution in [0, 0.1) is 11.7 Å². The zero-order chi connectivity index (χ0) is 14.7. The van der Waals surface area contributed by atoms with Gasteiger partial charge >= 0.3 is 0 Å². The van der Waals surface area contributed by atoms with Gasteiger partial charge in [-0.05, 0) is 44.5 Å². The zero-order valence-electron chi connectivity index (χ0n) is 12.0. The van der Waals surface area contributed by atoms with E-state index in [1.54, 1.807) is 6.07 Å². The van der Waals surface area contributed by atoms with Gasteiger partial charge in [-0.3, -0.25) is 5.10 Å². The van der Waals surface area contributed by atoms with Crippen LogP contribution in [0.3, 0.4) is 0 Å². The quantitative estimate of drug-likeness (QED) is 0.891. The molecule has 0 aromatic carbocycles. The van der Waals surface area contributed by atoms with Crippen LogP contribution in [0.5, 0.6) is 0 Å². The number of pyridine rings is 1. The Morgan fingerprint density at radius 2 is 2.19 bits per heavy atom. The van der Waals surface area contributed by atoms with Gasteiger partial charge in [-0.2, -0.15) is 4.98 Å². The van der Waals surface area contributed by atoms with E-state index in [2.05, 4.69) is 30.4 Å². The molecule has 21 heavy (non-hydrogen) atoms. The molecule has 0 saturated carbocycles. The van der Waals surface area contributed by atoms with Crippen LogP contribution >= 0.6 is 0 Å². The van der Waals surface area contributed by atoms with Crippen LogP contribution < -0.4 is 10.2 Å². The predicted octanol–water partition coefficient (Wildman–Crippen LogP) is 1.44. The zero-order valence-corrected chi connectivity index (χ0v) is 12.0. The predicted molar refractivity (Wildman–Crippen MR) is 78.4 cm³/mol. The van der Waals surface area contributed by atoms with E-state index in [9.17, 15) is 4.39 Å². The minimum Gasteiger partial charge on any atom is -0.340 e. The highest BCUT2D eigenvalue weighted by Crippen LogP contribution is 2.21. The molecule has 1 aliphatic rings. The molecule has 6 nitrogen and oxygen atoms in total. The molecule has 3 rings (SSSR count). The van der Waals surface area contributed by atoms with Gasteiger partial charge in [0.2, 0.25) is 5.95 Å². The molecular weight excluding hydrogens is 271 g/mol. The average Bonchev–Trinajstić information content (AvgIpc) is 2.99. The van der Waals surface area contributed by atoms with Crippen LogP contribution in [-0.4, -0.2) is 46.8 Å². The topological polar surface area (TPSA) is 69.7 Å². The molecule has 1 fully saturated rings. The van der Waals surface area contributed by atoms with Gasteiger partial charge in [0.15, 0.2) is 5.82 Å². The van der Waals surface area contributed by atoms with E-state index in [1.165, 1.54) is 12.3 Å². The lowest BCUT2D eigenvalue weighted by Gasteiger charge is -2.30. The van der Waals surface area contributed by atoms with E-state index in [0.29, 0.717) is 17.5 Å². The Morgan fingerprint density at radius 3 is 2.86 bits per heavy atom. The van der Waals surface area contributed by atoms with Crippen molar-refractivity contribution in [2.45, 2.75) is 12.8 Å². The van der Waals surface area contributed by atoms with Crippen molar-refractivity contribution in [2.24, 2.45) is 5.92 Å². The summed E-state index contributed by atoms with van der Waals surface area (Å²) in [5.41, 5.74) is 0.597. The Balaban J connectivity index is 1.67. The molecule has 0 atom stereocenters. The van der Waals surface area contributed by atoms with E-state index in [-0.39, 0.29) is 5.82 Å². The Hall–Kier alpha value is -2.02. The number of anilines is 1. The van der Waals surface area contributed by atoms with Gasteiger partial charge in [0.25, 0.3) is 0 Å². The fourth-order valence-electron chi connectivity index (χ4n) is 2.65. The number of rotatable bonds is 4. The number of halogens is 1. The average molecular weight is 290 g/mol. The number of nitrogens with zero attached hydrogens (tertiary/aromatic N) is 4. The van der Waals surface area contributed by atoms with Crippen molar-refractivity contribution in [3.8, 4) is 11.5 Å². The molecule has 0 unspecified atom stereocenters. The summed E-state index contributed by atoms with van der Waals surface area (Å²) < 4.78 is 12.9. The molecule has 0 amide bonds. The van der Waals surface area contributed by atoms with Gasteiger partial charge in [0.05, 0.1) is 6.20 Å². The summed E-state index contributed by atoms with van der Waals surface area (Å²) in [6, 6.07) is 2.96. The van der Waals surface area contributed by atoms with Crippen molar-refractivity contribution in [2.75, 3.05) is 31.6 Å². The second-order valence-electron chi connectivity index (χ2n) is 5.33. The van der Waals surface area contributed by atoms with Gasteiger partial charge in [0, 0.05) is 13.1 Å².